The molecule has 0 spiro atoms. The number of nitrogens with zero attached hydrogens (tertiary/aromatic N) is 2. The van der Waals surface area contributed by atoms with Crippen molar-refractivity contribution in [3.63, 3.8) is 0 Å². The van der Waals surface area contributed by atoms with Gasteiger partial charge in [0.1, 0.15) is 5.82 Å². The Morgan fingerprint density at radius 1 is 1.28 bits per heavy atom. The van der Waals surface area contributed by atoms with Crippen LogP contribution in [0.1, 0.15) is 22.4 Å². The first-order valence-electron chi connectivity index (χ1n) is 10.2. The average Bonchev–Trinajstić information content (AvgIpc) is 2.77. The number of benzene rings is 2. The van der Waals surface area contributed by atoms with Gasteiger partial charge in [-0.15, -0.1) is 0 Å². The van der Waals surface area contributed by atoms with Crippen LogP contribution in [-0.4, -0.2) is 33.1 Å². The summed E-state index contributed by atoms with van der Waals surface area (Å²) in [5.74, 6) is -0.351. The molecule has 2 heterocycles. The van der Waals surface area contributed by atoms with Gasteiger partial charge in [-0.2, -0.15) is 0 Å². The van der Waals surface area contributed by atoms with E-state index in [9.17, 15) is 14.0 Å². The zero-order valence-corrected chi connectivity index (χ0v) is 19.0. The van der Waals surface area contributed by atoms with E-state index in [1.54, 1.807) is 30.3 Å². The highest BCUT2D eigenvalue weighted by Gasteiger charge is 2.21. The van der Waals surface area contributed by atoms with Crippen molar-refractivity contribution in [2.75, 3.05) is 17.6 Å². The Morgan fingerprint density at radius 2 is 2.06 bits per heavy atom. The third-order valence-corrected chi connectivity index (χ3v) is 6.61. The molecule has 2 N–H and O–H groups in total. The van der Waals surface area contributed by atoms with E-state index in [4.69, 9.17) is 11.6 Å². The number of hydrogen-bond acceptors (Lipinski definition) is 5. The van der Waals surface area contributed by atoms with Gasteiger partial charge >= 0.3 is 0 Å². The molecule has 0 radical (unpaired) electrons. The van der Waals surface area contributed by atoms with Crippen molar-refractivity contribution in [3.8, 4) is 0 Å². The lowest BCUT2D eigenvalue weighted by molar-refractivity contribution is -0.113. The second-order valence-corrected chi connectivity index (χ2v) is 9.00. The van der Waals surface area contributed by atoms with Crippen molar-refractivity contribution in [1.29, 1.82) is 0 Å². The summed E-state index contributed by atoms with van der Waals surface area (Å²) in [7, 11) is 0. The van der Waals surface area contributed by atoms with E-state index in [0.29, 0.717) is 40.9 Å². The van der Waals surface area contributed by atoms with Crippen molar-refractivity contribution < 1.29 is 9.18 Å². The largest absolute Gasteiger partial charge is 0.325 e. The van der Waals surface area contributed by atoms with E-state index in [-0.39, 0.29) is 23.0 Å². The fraction of sp³-hybridized carbons (Fsp3) is 0.261. The number of halogens is 2. The Labute approximate surface area is 194 Å². The minimum Gasteiger partial charge on any atom is -0.325 e. The molecular formula is C23H22ClFN4O2S. The topological polar surface area (TPSA) is 78.1 Å². The molecule has 4 rings (SSSR count). The first-order valence-corrected chi connectivity index (χ1v) is 11.5. The number of aromatic amines is 1. The molecule has 1 aromatic heterocycles. The minimum absolute atomic E-state index is 0.115. The van der Waals surface area contributed by atoms with E-state index < -0.39 is 0 Å². The van der Waals surface area contributed by atoms with Crippen LogP contribution in [0.5, 0.6) is 0 Å². The van der Waals surface area contributed by atoms with Gasteiger partial charge in [-0.05, 0) is 42.3 Å². The van der Waals surface area contributed by atoms with Gasteiger partial charge in [0.2, 0.25) is 5.91 Å². The highest BCUT2D eigenvalue weighted by molar-refractivity contribution is 7.99. The van der Waals surface area contributed by atoms with Crippen LogP contribution in [0.2, 0.25) is 5.02 Å². The number of aromatic nitrogens is 2. The molecule has 0 fully saturated rings. The van der Waals surface area contributed by atoms with Crippen molar-refractivity contribution in [3.05, 3.63) is 86.0 Å². The monoisotopic (exact) mass is 472 g/mol. The zero-order valence-electron chi connectivity index (χ0n) is 17.5. The lowest BCUT2D eigenvalue weighted by Gasteiger charge is -2.27. The molecule has 0 saturated heterocycles. The van der Waals surface area contributed by atoms with E-state index in [2.05, 4.69) is 20.2 Å². The number of hydrogen-bond donors (Lipinski definition) is 2. The molecule has 3 aromatic rings. The number of rotatable bonds is 6. The van der Waals surface area contributed by atoms with Crippen LogP contribution in [0.25, 0.3) is 0 Å². The summed E-state index contributed by atoms with van der Waals surface area (Å²) in [5.41, 5.74) is 3.67. The summed E-state index contributed by atoms with van der Waals surface area (Å²) in [4.78, 5) is 34.5. The molecule has 166 valence electrons. The minimum atomic E-state index is -0.264. The van der Waals surface area contributed by atoms with Crippen LogP contribution >= 0.6 is 23.4 Å². The summed E-state index contributed by atoms with van der Waals surface area (Å²) in [6.07, 6.45) is 0.641. The van der Waals surface area contributed by atoms with Crippen molar-refractivity contribution in [1.82, 2.24) is 14.9 Å². The molecule has 9 heteroatoms. The molecule has 1 aliphatic rings. The third-order valence-electron chi connectivity index (χ3n) is 5.33. The number of thioether (sulfide) groups is 1. The van der Waals surface area contributed by atoms with Crippen LogP contribution in [0, 0.1) is 12.7 Å². The van der Waals surface area contributed by atoms with Gasteiger partial charge in [-0.1, -0.05) is 41.6 Å². The Kier molecular flexibility index (Phi) is 6.93. The maximum Gasteiger partial charge on any atom is 0.256 e. The number of nitrogens with one attached hydrogen (secondary N) is 2. The normalized spacial score (nSPS) is 13.6. The predicted octanol–water partition coefficient (Wildman–Crippen LogP) is 4.16. The van der Waals surface area contributed by atoms with Gasteiger partial charge in [0, 0.05) is 36.8 Å². The number of H-pyrrole nitrogens is 1. The Morgan fingerprint density at radius 3 is 2.84 bits per heavy atom. The van der Waals surface area contributed by atoms with Gasteiger partial charge in [0.05, 0.1) is 17.0 Å². The van der Waals surface area contributed by atoms with Crippen LogP contribution in [0.15, 0.2) is 52.4 Å². The van der Waals surface area contributed by atoms with E-state index in [1.807, 2.05) is 6.92 Å². The summed E-state index contributed by atoms with van der Waals surface area (Å²) in [5, 5.41) is 3.85. The fourth-order valence-corrected chi connectivity index (χ4v) is 4.43. The van der Waals surface area contributed by atoms with Crippen molar-refractivity contribution in [2.24, 2.45) is 0 Å². The van der Waals surface area contributed by atoms with Crippen LogP contribution < -0.4 is 10.9 Å². The van der Waals surface area contributed by atoms with Gasteiger partial charge in [0.25, 0.3) is 5.56 Å². The standard InChI is InChI=1S/C23H22ClFN4O2S/c1-14-18(24)3-2-4-19(14)26-21(30)13-32-23-27-20-9-10-29(12-17(20)22(31)28-23)11-15-5-7-16(25)8-6-15/h2-8H,9-13H2,1H3,(H,26,30)(H,27,28,31). The Hall–Kier alpha value is -2.68. The molecule has 0 aliphatic carbocycles. The highest BCUT2D eigenvalue weighted by Crippen LogP contribution is 2.24. The van der Waals surface area contributed by atoms with Crippen LogP contribution in [-0.2, 0) is 24.3 Å². The van der Waals surface area contributed by atoms with Crippen LogP contribution in [0.3, 0.4) is 0 Å². The molecule has 0 unspecified atom stereocenters. The molecule has 6 nitrogen and oxygen atoms in total. The summed E-state index contributed by atoms with van der Waals surface area (Å²) in [6.45, 7) is 3.71. The second-order valence-electron chi connectivity index (χ2n) is 7.63. The zero-order chi connectivity index (χ0) is 22.7. The average molecular weight is 473 g/mol. The van der Waals surface area contributed by atoms with Gasteiger partial charge < -0.3 is 10.3 Å². The smallest absolute Gasteiger partial charge is 0.256 e. The number of carbonyl (C=O) groups excluding carboxylic acids is 1. The van der Waals surface area contributed by atoms with E-state index in [1.165, 1.54) is 23.9 Å². The molecule has 1 amide bonds. The maximum absolute atomic E-state index is 13.1. The number of carbonyl (C=O) groups is 1. The molecule has 0 bridgehead atoms. The molecule has 0 atom stereocenters. The summed E-state index contributed by atoms with van der Waals surface area (Å²) >= 11 is 7.28. The predicted molar refractivity (Wildman–Crippen MR) is 125 cm³/mol. The van der Waals surface area contributed by atoms with E-state index in [0.717, 1.165) is 23.4 Å². The lowest BCUT2D eigenvalue weighted by atomic mass is 10.1. The first-order chi connectivity index (χ1) is 15.4. The second kappa shape index (κ2) is 9.85. The molecule has 1 aliphatic heterocycles. The van der Waals surface area contributed by atoms with Gasteiger partial charge in [-0.25, -0.2) is 9.37 Å². The van der Waals surface area contributed by atoms with Crippen LogP contribution in [0.4, 0.5) is 10.1 Å². The SMILES string of the molecule is Cc1c(Cl)cccc1NC(=O)CSc1nc2c(c(=O)[nH]1)CN(Cc1ccc(F)cc1)CC2. The quantitative estimate of drug-likeness (QED) is 0.416. The third kappa shape index (κ3) is 5.38. The molecule has 0 saturated carbocycles. The molecule has 32 heavy (non-hydrogen) atoms. The summed E-state index contributed by atoms with van der Waals surface area (Å²) < 4.78 is 13.1. The van der Waals surface area contributed by atoms with Crippen molar-refractivity contribution in [2.45, 2.75) is 31.6 Å². The van der Waals surface area contributed by atoms with Crippen molar-refractivity contribution >= 4 is 35.0 Å². The number of anilines is 1. The lowest BCUT2D eigenvalue weighted by Crippen LogP contribution is -2.35. The Balaban J connectivity index is 1.37. The number of fused-ring (bicyclic) bond motifs is 1. The van der Waals surface area contributed by atoms with E-state index >= 15 is 0 Å². The fourth-order valence-electron chi connectivity index (χ4n) is 3.57. The van der Waals surface area contributed by atoms with Gasteiger partial charge in [-0.3, -0.25) is 14.5 Å². The molecular weight excluding hydrogens is 451 g/mol. The van der Waals surface area contributed by atoms with Gasteiger partial charge in [0.15, 0.2) is 5.16 Å². The summed E-state index contributed by atoms with van der Waals surface area (Å²) in [6, 6.07) is 11.7. The maximum atomic E-state index is 13.1. The number of amides is 1. The Bertz CT molecular complexity index is 1200. The first kappa shape index (κ1) is 22.5. The highest BCUT2D eigenvalue weighted by atomic mass is 35.5. The molecule has 2 aromatic carbocycles.